The molecular weight excluding hydrogens is 499 g/mol. The first-order valence-corrected chi connectivity index (χ1v) is 10.3. The minimum atomic E-state index is -5.41. The molecule has 0 saturated carbocycles. The summed E-state index contributed by atoms with van der Waals surface area (Å²) in [5, 5.41) is 0. The molecule has 3 rings (SSSR count). The highest BCUT2D eigenvalue weighted by atomic mass is 19.4. The standard InChI is InChI=1S/C22H19F9O4/c1-2-3-11-8-32-20(33-9-11)12-4-16(25)19(17(26)5-12)34-10-21(27,28)35-13-6-14(23)18(15(24)7-13)22(29,30)31/h4-7,11,20H,2-3,8-10H2,1H3. The Bertz CT molecular complexity index is 988. The van der Waals surface area contributed by atoms with E-state index in [0.717, 1.165) is 25.0 Å². The summed E-state index contributed by atoms with van der Waals surface area (Å²) in [5.41, 5.74) is -2.35. The smallest absolute Gasteiger partial charge is 0.433 e. The second-order valence-electron chi connectivity index (χ2n) is 7.75. The van der Waals surface area contributed by atoms with Gasteiger partial charge in [0.1, 0.15) is 22.9 Å². The van der Waals surface area contributed by atoms with E-state index in [1.165, 1.54) is 0 Å². The molecular formula is C22H19F9O4. The summed E-state index contributed by atoms with van der Waals surface area (Å²) in [6, 6.07) is 1.32. The Labute approximate surface area is 193 Å². The fourth-order valence-electron chi connectivity index (χ4n) is 3.40. The lowest BCUT2D eigenvalue weighted by molar-refractivity contribution is -0.206. The minimum absolute atomic E-state index is 0.0546. The van der Waals surface area contributed by atoms with Crippen molar-refractivity contribution in [1.82, 2.24) is 0 Å². The zero-order valence-electron chi connectivity index (χ0n) is 18.0. The SMILES string of the molecule is CCCC1COC(c2cc(F)c(OCC(F)(F)Oc3cc(F)c(C(F)(F)F)c(F)c3)c(F)c2)OC1. The summed E-state index contributed by atoms with van der Waals surface area (Å²) < 4.78 is 141. The van der Waals surface area contributed by atoms with Crippen LogP contribution in [0, 0.1) is 29.2 Å². The van der Waals surface area contributed by atoms with E-state index in [9.17, 15) is 39.5 Å². The number of rotatable bonds is 8. The van der Waals surface area contributed by atoms with Gasteiger partial charge in [0.2, 0.25) is 0 Å². The first-order valence-electron chi connectivity index (χ1n) is 10.3. The average Bonchev–Trinajstić information content (AvgIpc) is 2.71. The molecule has 1 saturated heterocycles. The maximum atomic E-state index is 14.4. The maximum absolute atomic E-state index is 14.4. The van der Waals surface area contributed by atoms with Crippen molar-refractivity contribution in [1.29, 1.82) is 0 Å². The molecule has 0 aliphatic carbocycles. The van der Waals surface area contributed by atoms with Gasteiger partial charge >= 0.3 is 12.3 Å². The molecule has 0 radical (unpaired) electrons. The van der Waals surface area contributed by atoms with Crippen molar-refractivity contribution < 1.29 is 58.5 Å². The first kappa shape index (κ1) is 26.9. The zero-order chi connectivity index (χ0) is 26.0. The molecule has 1 aliphatic rings. The average molecular weight is 518 g/mol. The van der Waals surface area contributed by atoms with Gasteiger partial charge in [0.15, 0.2) is 30.3 Å². The van der Waals surface area contributed by atoms with Crippen molar-refractivity contribution in [3.05, 3.63) is 58.7 Å². The van der Waals surface area contributed by atoms with Gasteiger partial charge in [0.05, 0.1) is 13.2 Å². The second-order valence-corrected chi connectivity index (χ2v) is 7.75. The van der Waals surface area contributed by atoms with E-state index in [2.05, 4.69) is 9.47 Å². The van der Waals surface area contributed by atoms with Crippen LogP contribution in [0.2, 0.25) is 0 Å². The van der Waals surface area contributed by atoms with Crippen LogP contribution in [0.3, 0.4) is 0 Å². The molecule has 13 heteroatoms. The van der Waals surface area contributed by atoms with Crippen LogP contribution in [0.25, 0.3) is 0 Å². The molecule has 0 aromatic heterocycles. The maximum Gasteiger partial charge on any atom is 0.433 e. The molecule has 194 valence electrons. The van der Waals surface area contributed by atoms with Gasteiger partial charge in [-0.3, -0.25) is 0 Å². The van der Waals surface area contributed by atoms with Gasteiger partial charge in [0.25, 0.3) is 0 Å². The molecule has 0 atom stereocenters. The Morgan fingerprint density at radius 2 is 1.40 bits per heavy atom. The number of halogens is 9. The molecule has 1 heterocycles. The van der Waals surface area contributed by atoms with Crippen LogP contribution in [0.15, 0.2) is 24.3 Å². The lowest BCUT2D eigenvalue weighted by atomic mass is 10.1. The van der Waals surface area contributed by atoms with E-state index in [1.807, 2.05) is 6.92 Å². The van der Waals surface area contributed by atoms with Gasteiger partial charge in [-0.05, 0) is 18.6 Å². The fraction of sp³-hybridized carbons (Fsp3) is 0.455. The van der Waals surface area contributed by atoms with Crippen LogP contribution >= 0.6 is 0 Å². The predicted molar refractivity (Wildman–Crippen MR) is 102 cm³/mol. The third kappa shape index (κ3) is 6.72. The second kappa shape index (κ2) is 10.5. The summed E-state index contributed by atoms with van der Waals surface area (Å²) in [6.07, 6.45) is -9.18. The van der Waals surface area contributed by atoms with Gasteiger partial charge in [-0.1, -0.05) is 13.3 Å². The number of hydrogen-bond donors (Lipinski definition) is 0. The van der Waals surface area contributed by atoms with Crippen LogP contribution in [-0.4, -0.2) is 25.9 Å². The molecule has 1 aliphatic heterocycles. The van der Waals surface area contributed by atoms with Crippen LogP contribution in [0.5, 0.6) is 11.5 Å². The highest BCUT2D eigenvalue weighted by Gasteiger charge is 2.40. The van der Waals surface area contributed by atoms with Crippen LogP contribution < -0.4 is 9.47 Å². The third-order valence-corrected chi connectivity index (χ3v) is 4.91. The quantitative estimate of drug-likeness (QED) is 0.362. The van der Waals surface area contributed by atoms with Crippen molar-refractivity contribution >= 4 is 0 Å². The molecule has 0 amide bonds. The number of hydrogen-bond acceptors (Lipinski definition) is 4. The molecule has 0 spiro atoms. The van der Waals surface area contributed by atoms with Crippen LogP contribution in [0.1, 0.15) is 37.2 Å². The Hall–Kier alpha value is -2.67. The fourth-order valence-corrected chi connectivity index (χ4v) is 3.40. The van der Waals surface area contributed by atoms with E-state index < -0.39 is 65.5 Å². The van der Waals surface area contributed by atoms with Crippen molar-refractivity contribution in [2.45, 2.75) is 38.3 Å². The largest absolute Gasteiger partial charge is 0.477 e. The van der Waals surface area contributed by atoms with Crippen molar-refractivity contribution in [2.24, 2.45) is 5.92 Å². The Kier molecular flexibility index (Phi) is 8.10. The van der Waals surface area contributed by atoms with Crippen LogP contribution in [-0.2, 0) is 15.7 Å². The van der Waals surface area contributed by atoms with Gasteiger partial charge in [-0.2, -0.15) is 22.0 Å². The molecule has 4 nitrogen and oxygen atoms in total. The summed E-state index contributed by atoms with van der Waals surface area (Å²) in [4.78, 5) is 0. The Morgan fingerprint density at radius 1 is 0.857 bits per heavy atom. The normalized spacial score (nSPS) is 19.0. The van der Waals surface area contributed by atoms with Gasteiger partial charge < -0.3 is 18.9 Å². The van der Waals surface area contributed by atoms with E-state index in [-0.39, 0.29) is 23.6 Å². The summed E-state index contributed by atoms with van der Waals surface area (Å²) in [7, 11) is 0. The van der Waals surface area contributed by atoms with Gasteiger partial charge in [-0.25, -0.2) is 17.6 Å². The molecule has 35 heavy (non-hydrogen) atoms. The topological polar surface area (TPSA) is 36.9 Å². The molecule has 1 fully saturated rings. The lowest BCUT2D eigenvalue weighted by Crippen LogP contribution is -2.33. The summed E-state index contributed by atoms with van der Waals surface area (Å²) in [6.45, 7) is 0.743. The van der Waals surface area contributed by atoms with E-state index in [0.29, 0.717) is 13.2 Å². The Balaban J connectivity index is 1.67. The van der Waals surface area contributed by atoms with E-state index in [4.69, 9.17) is 9.47 Å². The van der Waals surface area contributed by atoms with Crippen molar-refractivity contribution in [2.75, 3.05) is 19.8 Å². The molecule has 0 N–H and O–H groups in total. The Morgan fingerprint density at radius 3 is 1.89 bits per heavy atom. The number of ether oxygens (including phenoxy) is 4. The summed E-state index contributed by atoms with van der Waals surface area (Å²) in [5.74, 6) is -9.50. The molecule has 0 bridgehead atoms. The number of alkyl halides is 5. The van der Waals surface area contributed by atoms with E-state index >= 15 is 0 Å². The molecule has 0 unspecified atom stereocenters. The third-order valence-electron chi connectivity index (χ3n) is 4.91. The minimum Gasteiger partial charge on any atom is -0.477 e. The zero-order valence-corrected chi connectivity index (χ0v) is 18.0. The first-order chi connectivity index (χ1) is 16.3. The predicted octanol–water partition coefficient (Wildman–Crippen LogP) is 6.77. The van der Waals surface area contributed by atoms with Crippen molar-refractivity contribution in [3.63, 3.8) is 0 Å². The highest BCUT2D eigenvalue weighted by molar-refractivity contribution is 5.33. The lowest BCUT2D eigenvalue weighted by Gasteiger charge is -2.29. The van der Waals surface area contributed by atoms with Gasteiger partial charge in [0, 0.05) is 23.6 Å². The van der Waals surface area contributed by atoms with E-state index in [1.54, 1.807) is 0 Å². The van der Waals surface area contributed by atoms with Crippen LogP contribution in [0.4, 0.5) is 39.5 Å². The molecule has 2 aromatic rings. The number of benzene rings is 2. The van der Waals surface area contributed by atoms with Gasteiger partial charge in [-0.15, -0.1) is 0 Å². The van der Waals surface area contributed by atoms with Crippen molar-refractivity contribution in [3.8, 4) is 11.5 Å². The monoisotopic (exact) mass is 518 g/mol. The highest BCUT2D eigenvalue weighted by Crippen LogP contribution is 2.37. The molecule has 2 aromatic carbocycles. The summed E-state index contributed by atoms with van der Waals surface area (Å²) >= 11 is 0.